The zero-order chi connectivity index (χ0) is 43.6. The quantitative estimate of drug-likeness (QED) is 0.0380. The van der Waals surface area contributed by atoms with Crippen molar-refractivity contribution < 1.29 is 43.7 Å². The first kappa shape index (κ1) is 44.0. The molecule has 0 bridgehead atoms. The van der Waals surface area contributed by atoms with Gasteiger partial charge in [0.2, 0.25) is 5.79 Å². The zero-order valence-electron chi connectivity index (χ0n) is 35.1. The zero-order valence-corrected chi connectivity index (χ0v) is 35.1. The van der Waals surface area contributed by atoms with Gasteiger partial charge in [0.25, 0.3) is 5.69 Å². The first-order valence-corrected chi connectivity index (χ1v) is 21.3. The molecule has 1 aliphatic heterocycles. The van der Waals surface area contributed by atoms with E-state index in [1.54, 1.807) is 17.1 Å². The summed E-state index contributed by atoms with van der Waals surface area (Å²) in [5.41, 5.74) is 3.15. The number of unbranched alkanes of at least 4 members (excludes halogenated alkanes) is 2. The second-order valence-electron chi connectivity index (χ2n) is 15.9. The number of nitro groups is 1. The van der Waals surface area contributed by atoms with Gasteiger partial charge in [0.05, 0.1) is 29.7 Å². The van der Waals surface area contributed by atoms with Crippen molar-refractivity contribution in [2.75, 3.05) is 33.5 Å². The highest BCUT2D eigenvalue weighted by Gasteiger charge is 2.65. The van der Waals surface area contributed by atoms with Gasteiger partial charge in [0.1, 0.15) is 37.0 Å². The second-order valence-corrected chi connectivity index (χ2v) is 15.9. The van der Waals surface area contributed by atoms with Crippen molar-refractivity contribution in [3.63, 3.8) is 0 Å². The summed E-state index contributed by atoms with van der Waals surface area (Å²) in [6.07, 6.45) is 9.49. The summed E-state index contributed by atoms with van der Waals surface area (Å²) >= 11 is 0. The van der Waals surface area contributed by atoms with E-state index in [9.17, 15) is 20.3 Å². The second kappa shape index (κ2) is 20.2. The van der Waals surface area contributed by atoms with Gasteiger partial charge in [-0.2, -0.15) is 0 Å². The number of hydrogen-bond acceptors (Lipinski definition) is 11. The summed E-state index contributed by atoms with van der Waals surface area (Å²) in [5.74, 6) is -0.937. The van der Waals surface area contributed by atoms with E-state index in [4.69, 9.17) is 23.8 Å². The van der Waals surface area contributed by atoms with Gasteiger partial charge in [0, 0.05) is 43.2 Å². The largest absolute Gasteiger partial charge is 0.490 e. The van der Waals surface area contributed by atoms with Crippen molar-refractivity contribution in [1.82, 2.24) is 4.90 Å². The first-order valence-electron chi connectivity index (χ1n) is 21.3. The fourth-order valence-corrected chi connectivity index (χ4v) is 9.71. The van der Waals surface area contributed by atoms with Crippen LogP contribution >= 0.6 is 0 Å². The minimum atomic E-state index is -1.54. The molecule has 62 heavy (non-hydrogen) atoms. The summed E-state index contributed by atoms with van der Waals surface area (Å²) < 4.78 is 26.7. The van der Waals surface area contributed by atoms with Crippen LogP contribution in [0.2, 0.25) is 0 Å². The third-order valence-corrected chi connectivity index (χ3v) is 12.3. The summed E-state index contributed by atoms with van der Waals surface area (Å²) in [7, 11) is 1.50. The molecule has 2 aliphatic carbocycles. The highest BCUT2D eigenvalue weighted by molar-refractivity contribution is 6.03. The van der Waals surface area contributed by atoms with Gasteiger partial charge < -0.3 is 34.0 Å². The van der Waals surface area contributed by atoms with E-state index in [0.29, 0.717) is 36.7 Å². The molecule has 0 aromatic heterocycles. The van der Waals surface area contributed by atoms with E-state index >= 15 is 4.79 Å². The topological polar surface area (TPSA) is 162 Å². The molecule has 13 heteroatoms. The average Bonchev–Trinajstić information content (AvgIpc) is 3.28. The van der Waals surface area contributed by atoms with E-state index < -0.39 is 28.8 Å². The number of nitrogens with zero attached hydrogens (tertiary/aromatic N) is 3. The van der Waals surface area contributed by atoms with E-state index in [1.165, 1.54) is 31.4 Å². The number of oxime groups is 1. The van der Waals surface area contributed by atoms with Crippen LogP contribution in [0.3, 0.4) is 0 Å². The number of nitro benzene ring substituents is 1. The van der Waals surface area contributed by atoms with Crippen LogP contribution in [-0.4, -0.2) is 77.2 Å². The van der Waals surface area contributed by atoms with E-state index in [2.05, 4.69) is 24.4 Å². The monoisotopic (exact) mass is 845 g/mol. The van der Waals surface area contributed by atoms with Crippen molar-refractivity contribution in [3.8, 4) is 17.2 Å². The molecule has 1 amide bonds. The van der Waals surface area contributed by atoms with Gasteiger partial charge in [-0.05, 0) is 89.8 Å². The molecular formula is C49H55N3O10. The van der Waals surface area contributed by atoms with Crippen LogP contribution in [0, 0.1) is 27.9 Å². The molecule has 1 saturated carbocycles. The van der Waals surface area contributed by atoms with Gasteiger partial charge in [0.15, 0.2) is 0 Å². The molecule has 13 nitrogen and oxygen atoms in total. The number of aliphatic hydroxyl groups is 2. The van der Waals surface area contributed by atoms with Crippen LogP contribution in [0.1, 0.15) is 62.0 Å². The molecular weight excluding hydrogens is 791 g/mol. The van der Waals surface area contributed by atoms with E-state index in [0.717, 1.165) is 53.2 Å². The maximum atomic E-state index is 15.1. The smallest absolute Gasteiger partial charge is 0.416 e. The third-order valence-electron chi connectivity index (χ3n) is 12.3. The number of benzene rings is 4. The number of allylic oxidation sites excluding steroid dienone is 1. The number of aliphatic hydroxyl groups excluding tert-OH is 2. The van der Waals surface area contributed by atoms with Gasteiger partial charge in [-0.3, -0.25) is 15.0 Å². The van der Waals surface area contributed by atoms with Crippen molar-refractivity contribution in [2.24, 2.45) is 22.9 Å². The lowest BCUT2D eigenvalue weighted by molar-refractivity contribution is -0.384. The predicted molar refractivity (Wildman–Crippen MR) is 236 cm³/mol. The molecule has 6 atom stereocenters. The third kappa shape index (κ3) is 9.11. The highest BCUT2D eigenvalue weighted by Crippen LogP contribution is 2.62. The molecule has 326 valence electrons. The normalized spacial score (nSPS) is 23.0. The summed E-state index contributed by atoms with van der Waals surface area (Å²) in [5, 5.41) is 37.9. The first-order chi connectivity index (χ1) is 30.3. The van der Waals surface area contributed by atoms with Crippen LogP contribution in [0.15, 0.2) is 127 Å². The highest BCUT2D eigenvalue weighted by atomic mass is 16.7. The Hall–Kier alpha value is -6.02. The van der Waals surface area contributed by atoms with Crippen LogP contribution < -0.4 is 14.2 Å². The van der Waals surface area contributed by atoms with Crippen molar-refractivity contribution in [1.29, 1.82) is 0 Å². The van der Waals surface area contributed by atoms with Crippen LogP contribution in [-0.2, 0) is 16.1 Å². The number of ether oxygens (including phenoxy) is 4. The Kier molecular flexibility index (Phi) is 14.4. The number of hydrogen-bond donors (Lipinski definition) is 2. The van der Waals surface area contributed by atoms with Crippen molar-refractivity contribution in [3.05, 3.63) is 143 Å². The standard InChI is InChI=1S/C49H55N3O10/c1-4-27-59-38-23-24-44-42(30-38)46-40(18-9-11-26-54)34(14-8-10-25-53)29-41-43(50-58-3)31-45(49(62-44,47(41)46)60-28-5-2)51(32-35-16-12-15-33-13-6-7-17-39(33)35)48(55)61-37-21-19-36(20-22-37)52(56)57/h4-7,12-13,15-17,19-24,29-30,34,40,45-47,53-54H,1-2,8-11,14,18,25-28,31-32H2,3H3. The van der Waals surface area contributed by atoms with Gasteiger partial charge in [-0.15, -0.1) is 6.58 Å². The molecule has 7 rings (SSSR count). The number of non-ortho nitro benzene ring substituents is 1. The molecule has 6 unspecified atom stereocenters. The Morgan fingerprint density at radius 3 is 2.40 bits per heavy atom. The van der Waals surface area contributed by atoms with Gasteiger partial charge in [-0.1, -0.05) is 85.3 Å². The van der Waals surface area contributed by atoms with Crippen LogP contribution in [0.4, 0.5) is 10.5 Å². The minimum absolute atomic E-state index is 0.0131. The molecule has 3 aliphatic rings. The molecule has 1 heterocycles. The lowest BCUT2D eigenvalue weighted by Gasteiger charge is -2.59. The van der Waals surface area contributed by atoms with Crippen LogP contribution in [0.5, 0.6) is 17.2 Å². The number of rotatable bonds is 20. The Labute approximate surface area is 362 Å². The summed E-state index contributed by atoms with van der Waals surface area (Å²) in [6, 6.07) is 24.2. The Morgan fingerprint density at radius 2 is 1.68 bits per heavy atom. The fourth-order valence-electron chi connectivity index (χ4n) is 9.71. The van der Waals surface area contributed by atoms with Crippen LogP contribution in [0.25, 0.3) is 10.8 Å². The molecule has 0 spiro atoms. The molecule has 2 N–H and O–H groups in total. The fraction of sp³-hybridized carbons (Fsp3) is 0.388. The predicted octanol–water partition coefficient (Wildman–Crippen LogP) is 9.28. The molecule has 4 aromatic carbocycles. The molecule has 1 fully saturated rings. The lowest BCUT2D eigenvalue weighted by atomic mass is 9.55. The minimum Gasteiger partial charge on any atom is -0.490 e. The van der Waals surface area contributed by atoms with Gasteiger partial charge in [-0.25, -0.2) is 4.79 Å². The Morgan fingerprint density at radius 1 is 0.952 bits per heavy atom. The lowest BCUT2D eigenvalue weighted by Crippen LogP contribution is -2.70. The number of amides is 1. The van der Waals surface area contributed by atoms with Gasteiger partial charge >= 0.3 is 6.09 Å². The Bertz CT molecular complexity index is 2290. The number of carbonyl (C=O) groups excluding carboxylic acids is 1. The average molecular weight is 846 g/mol. The maximum absolute atomic E-state index is 15.1. The summed E-state index contributed by atoms with van der Waals surface area (Å²) in [6.45, 7) is 8.47. The van der Waals surface area contributed by atoms with E-state index in [1.807, 2.05) is 60.7 Å². The molecule has 0 radical (unpaired) electrons. The van der Waals surface area contributed by atoms with Crippen molar-refractivity contribution in [2.45, 2.75) is 69.2 Å². The number of fused-ring (bicyclic) bond motifs is 3. The number of carbonyl (C=O) groups is 1. The summed E-state index contributed by atoms with van der Waals surface area (Å²) in [4.78, 5) is 33.3. The van der Waals surface area contributed by atoms with E-state index in [-0.39, 0.29) is 62.0 Å². The molecule has 4 aromatic rings. The SMILES string of the molecule is C=CCOc1ccc2c(c1)C1C(CCCCO)C(CCCCO)C=C3C(=NOC)CC(N(Cc4cccc5ccccc45)C(=O)Oc4ccc([N+](=O)[O-])cc4)C(OCC=C)(O2)C31. The molecule has 0 saturated heterocycles. The maximum Gasteiger partial charge on any atom is 0.416 e. The Balaban J connectivity index is 1.46. The van der Waals surface area contributed by atoms with Crippen molar-refractivity contribution >= 4 is 28.3 Å².